The van der Waals surface area contributed by atoms with Crippen LogP contribution < -0.4 is 23.7 Å². The number of fused-ring (bicyclic) bond motifs is 3. The summed E-state index contributed by atoms with van der Waals surface area (Å²) in [5, 5.41) is 0. The highest BCUT2D eigenvalue weighted by molar-refractivity contribution is 9.10. The molecule has 2 aromatic rings. The highest BCUT2D eigenvalue weighted by Gasteiger charge is 2.47. The summed E-state index contributed by atoms with van der Waals surface area (Å²) in [4.78, 5) is 15.1. The van der Waals surface area contributed by atoms with Crippen LogP contribution in [0.25, 0.3) is 0 Å². The quantitative estimate of drug-likeness (QED) is 0.550. The van der Waals surface area contributed by atoms with Crippen molar-refractivity contribution < 1.29 is 33.2 Å². The van der Waals surface area contributed by atoms with E-state index >= 15 is 0 Å². The van der Waals surface area contributed by atoms with Crippen molar-refractivity contribution in [1.82, 2.24) is 4.90 Å². The van der Waals surface area contributed by atoms with Gasteiger partial charge in [0, 0.05) is 17.7 Å². The fourth-order valence-corrected chi connectivity index (χ4v) is 5.48. The van der Waals surface area contributed by atoms with E-state index in [-0.39, 0.29) is 25.2 Å². The second-order valence-corrected chi connectivity index (χ2v) is 8.36. The second kappa shape index (κ2) is 8.53. The average molecular weight is 529 g/mol. The maximum Gasteiger partial charge on any atom is 0.343 e. The topological polar surface area (TPSA) is 75.7 Å². The van der Waals surface area contributed by atoms with Crippen LogP contribution in [0, 0.1) is 0 Å². The van der Waals surface area contributed by atoms with Crippen molar-refractivity contribution in [2.45, 2.75) is 18.6 Å². The van der Waals surface area contributed by atoms with Gasteiger partial charge in [-0.2, -0.15) is 0 Å². The third-order valence-corrected chi connectivity index (χ3v) is 6.99. The molecule has 3 aliphatic heterocycles. The molecule has 8 nitrogen and oxygen atoms in total. The van der Waals surface area contributed by atoms with Gasteiger partial charge in [0.2, 0.25) is 12.5 Å². The van der Waals surface area contributed by atoms with Crippen LogP contribution in [-0.4, -0.2) is 52.6 Å². The number of hydrogen-bond donors (Lipinski definition) is 0. The van der Waals surface area contributed by atoms with Gasteiger partial charge in [0.25, 0.3) is 0 Å². The molecule has 0 aromatic heterocycles. The first-order valence-electron chi connectivity index (χ1n) is 9.85. The highest BCUT2D eigenvalue weighted by Crippen LogP contribution is 2.57. The van der Waals surface area contributed by atoms with Crippen LogP contribution >= 0.6 is 28.3 Å². The summed E-state index contributed by atoms with van der Waals surface area (Å²) in [5.41, 5.74) is 3.14. The minimum absolute atomic E-state index is 0. The van der Waals surface area contributed by atoms with Gasteiger partial charge in [-0.05, 0) is 41.0 Å². The van der Waals surface area contributed by atoms with Crippen molar-refractivity contribution in [3.63, 3.8) is 0 Å². The summed E-state index contributed by atoms with van der Waals surface area (Å²) in [6.45, 7) is 0.904. The van der Waals surface area contributed by atoms with E-state index in [1.165, 1.54) is 14.2 Å². The number of cyclic esters (lactones) is 1. The number of likely N-dealkylation sites (N-methyl/N-ethyl adjacent to an activating group) is 1. The normalized spacial score (nSPS) is 20.7. The lowest BCUT2D eigenvalue weighted by molar-refractivity contribution is 0.00869. The molecule has 0 radical (unpaired) electrons. The minimum atomic E-state index is -0.549. The molecule has 0 saturated carbocycles. The first kappa shape index (κ1) is 22.8. The summed E-state index contributed by atoms with van der Waals surface area (Å²) in [6.07, 6.45) is 0.238. The highest BCUT2D eigenvalue weighted by atomic mass is 79.9. The lowest BCUT2D eigenvalue weighted by Gasteiger charge is -2.39. The summed E-state index contributed by atoms with van der Waals surface area (Å²) < 4.78 is 34.9. The van der Waals surface area contributed by atoms with Gasteiger partial charge in [-0.25, -0.2) is 4.79 Å². The zero-order valence-corrected chi connectivity index (χ0v) is 20.4. The molecule has 32 heavy (non-hydrogen) atoms. The van der Waals surface area contributed by atoms with E-state index in [1.807, 2.05) is 13.1 Å². The zero-order chi connectivity index (χ0) is 21.9. The number of nitrogens with zero attached hydrogens (tertiary/aromatic N) is 1. The van der Waals surface area contributed by atoms with Gasteiger partial charge in [0.1, 0.15) is 11.7 Å². The molecular formula is C22H23BrClNO7. The van der Waals surface area contributed by atoms with Crippen molar-refractivity contribution in [3.05, 3.63) is 38.9 Å². The van der Waals surface area contributed by atoms with Crippen LogP contribution in [0.5, 0.6) is 28.7 Å². The van der Waals surface area contributed by atoms with Crippen molar-refractivity contribution in [2.24, 2.45) is 0 Å². The molecule has 0 aliphatic carbocycles. The maximum absolute atomic E-state index is 12.9. The van der Waals surface area contributed by atoms with Crippen molar-refractivity contribution in [2.75, 3.05) is 41.7 Å². The summed E-state index contributed by atoms with van der Waals surface area (Å²) in [6, 6.07) is 3.37. The van der Waals surface area contributed by atoms with Crippen molar-refractivity contribution in [3.8, 4) is 28.7 Å². The summed E-state index contributed by atoms with van der Waals surface area (Å²) in [5.74, 6) is 2.24. The molecule has 0 amide bonds. The molecule has 2 aromatic carbocycles. The minimum Gasteiger partial charge on any atom is -0.493 e. The largest absolute Gasteiger partial charge is 0.493 e. The van der Waals surface area contributed by atoms with Crippen LogP contribution in [0.1, 0.15) is 39.2 Å². The Morgan fingerprint density at radius 3 is 2.47 bits per heavy atom. The molecule has 0 N–H and O–H groups in total. The zero-order valence-electron chi connectivity index (χ0n) is 18.0. The molecule has 1 unspecified atom stereocenters. The average Bonchev–Trinajstić information content (AvgIpc) is 3.39. The number of hydrogen-bond acceptors (Lipinski definition) is 8. The number of halogens is 2. The van der Waals surface area contributed by atoms with E-state index in [0.29, 0.717) is 34.3 Å². The van der Waals surface area contributed by atoms with Crippen LogP contribution in [0.15, 0.2) is 16.6 Å². The van der Waals surface area contributed by atoms with Gasteiger partial charge in [0.05, 0.1) is 31.8 Å². The van der Waals surface area contributed by atoms with E-state index in [0.717, 1.165) is 34.1 Å². The Hall–Kier alpha value is -2.36. The maximum atomic E-state index is 12.9. The first-order chi connectivity index (χ1) is 15.0. The van der Waals surface area contributed by atoms with Crippen LogP contribution in [0.3, 0.4) is 0 Å². The van der Waals surface area contributed by atoms with Crippen LogP contribution in [0.2, 0.25) is 0 Å². The molecule has 0 spiro atoms. The lowest BCUT2D eigenvalue weighted by Crippen LogP contribution is -2.36. The van der Waals surface area contributed by atoms with E-state index in [9.17, 15) is 4.79 Å². The monoisotopic (exact) mass is 527 g/mol. The van der Waals surface area contributed by atoms with Gasteiger partial charge in [-0.1, -0.05) is 6.07 Å². The molecule has 3 aliphatic rings. The smallest absolute Gasteiger partial charge is 0.343 e. The third-order valence-electron chi connectivity index (χ3n) is 6.15. The molecule has 0 bridgehead atoms. The Morgan fingerprint density at radius 1 is 1.06 bits per heavy atom. The van der Waals surface area contributed by atoms with Gasteiger partial charge >= 0.3 is 5.97 Å². The fourth-order valence-electron chi connectivity index (χ4n) is 4.78. The van der Waals surface area contributed by atoms with E-state index in [2.05, 4.69) is 20.8 Å². The Balaban J connectivity index is 0.00000245. The Kier molecular flexibility index (Phi) is 6.08. The number of rotatable bonds is 4. The number of methoxy groups -OCH3 is 3. The third kappa shape index (κ3) is 3.09. The SMILES string of the molecule is COc1ccc2c(c1OC)C(=O)O[C@@H]2C1c2c(c(Br)c3c(c2OC)OCO3)CCN1C.Cl. The number of carbonyl (C=O) groups is 1. The molecule has 0 fully saturated rings. The number of carbonyl (C=O) groups excluding carboxylic acids is 1. The van der Waals surface area contributed by atoms with Gasteiger partial charge in [-0.15, -0.1) is 12.4 Å². The molecular weight excluding hydrogens is 506 g/mol. The molecule has 10 heteroatoms. The molecule has 0 saturated heterocycles. The standard InChI is InChI=1S/C22H22BrNO7.ClH/c1-24-8-7-10-13(19(28-4)21-20(15(10)23)29-9-30-21)16(24)17-11-5-6-12(26-2)18(27-3)14(11)22(25)31-17;/h5-6,16-17H,7-9H2,1-4H3;1H/t16?,17-;/m0./s1. The summed E-state index contributed by atoms with van der Waals surface area (Å²) in [7, 11) is 6.68. The lowest BCUT2D eigenvalue weighted by atomic mass is 9.85. The first-order valence-corrected chi connectivity index (χ1v) is 10.6. The molecule has 5 rings (SSSR count). The predicted molar refractivity (Wildman–Crippen MR) is 121 cm³/mol. The van der Waals surface area contributed by atoms with E-state index in [1.54, 1.807) is 13.2 Å². The van der Waals surface area contributed by atoms with Crippen molar-refractivity contribution >= 4 is 34.3 Å². The predicted octanol–water partition coefficient (Wildman–Crippen LogP) is 4.07. The molecule has 172 valence electrons. The Labute approximate surface area is 200 Å². The Morgan fingerprint density at radius 2 is 1.78 bits per heavy atom. The van der Waals surface area contributed by atoms with Crippen LogP contribution in [0.4, 0.5) is 0 Å². The fraction of sp³-hybridized carbons (Fsp3) is 0.409. The number of esters is 1. The second-order valence-electron chi connectivity index (χ2n) is 7.57. The van der Waals surface area contributed by atoms with E-state index < -0.39 is 12.1 Å². The molecule has 3 heterocycles. The molecule has 2 atom stereocenters. The van der Waals surface area contributed by atoms with Gasteiger partial charge in [0.15, 0.2) is 23.0 Å². The van der Waals surface area contributed by atoms with E-state index in [4.69, 9.17) is 28.4 Å². The Bertz CT molecular complexity index is 1090. The summed E-state index contributed by atoms with van der Waals surface area (Å²) >= 11 is 3.70. The van der Waals surface area contributed by atoms with Crippen LogP contribution in [-0.2, 0) is 11.2 Å². The number of benzene rings is 2. The van der Waals surface area contributed by atoms with Gasteiger partial charge < -0.3 is 28.4 Å². The van der Waals surface area contributed by atoms with Crippen molar-refractivity contribution in [1.29, 1.82) is 0 Å². The van der Waals surface area contributed by atoms with Gasteiger partial charge in [-0.3, -0.25) is 4.90 Å². The number of ether oxygens (including phenoxy) is 6.